The normalized spacial score (nSPS) is 18.2. The number of hydrogen-bond donors (Lipinski definition) is 0. The number of hydrogen-bond acceptors (Lipinski definition) is 3. The molecule has 2 aromatic carbocycles. The first-order valence-corrected chi connectivity index (χ1v) is 9.91. The maximum absolute atomic E-state index is 13.0. The maximum Gasteiger partial charge on any atom is 0.231 e. The van der Waals surface area contributed by atoms with E-state index in [1.54, 1.807) is 11.0 Å². The molecule has 0 fully saturated rings. The van der Waals surface area contributed by atoms with Crippen molar-refractivity contribution in [3.63, 3.8) is 0 Å². The summed E-state index contributed by atoms with van der Waals surface area (Å²) >= 11 is 0. The first-order chi connectivity index (χ1) is 11.8. The first kappa shape index (κ1) is 17.4. The number of anilines is 1. The van der Waals surface area contributed by atoms with Crippen molar-refractivity contribution >= 4 is 21.4 Å². The van der Waals surface area contributed by atoms with Gasteiger partial charge in [-0.25, -0.2) is 8.42 Å². The Kier molecular flexibility index (Phi) is 4.77. The highest BCUT2D eigenvalue weighted by atomic mass is 32.2. The molecule has 1 heterocycles. The van der Waals surface area contributed by atoms with E-state index in [2.05, 4.69) is 0 Å². The molecule has 0 saturated carbocycles. The van der Waals surface area contributed by atoms with E-state index in [0.717, 1.165) is 22.4 Å². The molecule has 4 nitrogen and oxygen atoms in total. The molecule has 1 aliphatic heterocycles. The molecule has 0 bridgehead atoms. The van der Waals surface area contributed by atoms with Gasteiger partial charge in [0, 0.05) is 11.1 Å². The van der Waals surface area contributed by atoms with Crippen LogP contribution in [0.15, 0.2) is 60.0 Å². The number of nitrogens with zero attached hydrogens (tertiary/aromatic N) is 1. The molecule has 2 aromatic rings. The number of sulfone groups is 1. The highest BCUT2D eigenvalue weighted by Crippen LogP contribution is 2.24. The number of aryl methyl sites for hydroxylation is 2. The fourth-order valence-electron chi connectivity index (χ4n) is 3.03. The van der Waals surface area contributed by atoms with Crippen LogP contribution in [0.5, 0.6) is 0 Å². The van der Waals surface area contributed by atoms with Crippen LogP contribution in [0.3, 0.4) is 0 Å². The van der Waals surface area contributed by atoms with Gasteiger partial charge in [0.05, 0.1) is 18.2 Å². The molecule has 0 spiro atoms. The topological polar surface area (TPSA) is 54.5 Å². The molecule has 0 radical (unpaired) electrons. The fourth-order valence-corrected chi connectivity index (χ4v) is 4.30. The van der Waals surface area contributed by atoms with Crippen molar-refractivity contribution in [1.82, 2.24) is 0 Å². The molecule has 1 aliphatic rings. The van der Waals surface area contributed by atoms with Crippen molar-refractivity contribution < 1.29 is 13.2 Å². The maximum atomic E-state index is 13.0. The van der Waals surface area contributed by atoms with Crippen molar-refractivity contribution in [1.29, 1.82) is 0 Å². The summed E-state index contributed by atoms with van der Waals surface area (Å²) < 4.78 is 23.7. The zero-order valence-electron chi connectivity index (χ0n) is 14.3. The minimum absolute atomic E-state index is 0.0690. The van der Waals surface area contributed by atoms with Gasteiger partial charge >= 0.3 is 0 Å². The lowest BCUT2D eigenvalue weighted by Gasteiger charge is -2.28. The summed E-state index contributed by atoms with van der Waals surface area (Å²) in [7, 11) is -3.24. The lowest BCUT2D eigenvalue weighted by Crippen LogP contribution is -2.42. The third-order valence-electron chi connectivity index (χ3n) is 4.26. The van der Waals surface area contributed by atoms with Crippen LogP contribution in [0.2, 0.25) is 0 Å². The van der Waals surface area contributed by atoms with Crippen molar-refractivity contribution in [2.24, 2.45) is 0 Å². The summed E-state index contributed by atoms with van der Waals surface area (Å²) in [6.07, 6.45) is 1.84. The molecule has 0 N–H and O–H groups in total. The molecule has 1 atom stereocenters. The molecule has 5 heteroatoms. The van der Waals surface area contributed by atoms with Gasteiger partial charge in [0.15, 0.2) is 9.84 Å². The number of carbonyl (C=O) groups excluding carboxylic acids is 1. The highest BCUT2D eigenvalue weighted by Gasteiger charge is 2.31. The van der Waals surface area contributed by atoms with Gasteiger partial charge in [-0.05, 0) is 37.6 Å². The molecule has 130 valence electrons. The van der Waals surface area contributed by atoms with Gasteiger partial charge in [0.1, 0.15) is 0 Å². The van der Waals surface area contributed by atoms with Crippen LogP contribution in [0.1, 0.15) is 16.7 Å². The number of benzene rings is 2. The zero-order chi connectivity index (χ0) is 18.0. The summed E-state index contributed by atoms with van der Waals surface area (Å²) in [5.41, 5.74) is 3.82. The zero-order valence-corrected chi connectivity index (χ0v) is 15.2. The smallest absolute Gasteiger partial charge is 0.231 e. The Hall–Kier alpha value is -2.40. The predicted molar refractivity (Wildman–Crippen MR) is 100 cm³/mol. The third kappa shape index (κ3) is 4.17. The van der Waals surface area contributed by atoms with Crippen LogP contribution < -0.4 is 4.90 Å². The summed E-state index contributed by atoms with van der Waals surface area (Å²) in [5, 5.41) is 1.21. The Morgan fingerprint density at radius 2 is 1.80 bits per heavy atom. The molecular weight excluding hydrogens is 334 g/mol. The third-order valence-corrected chi connectivity index (χ3v) is 5.64. The van der Waals surface area contributed by atoms with E-state index in [9.17, 15) is 13.2 Å². The first-order valence-electron chi connectivity index (χ1n) is 8.19. The van der Waals surface area contributed by atoms with Gasteiger partial charge in [-0.1, -0.05) is 47.5 Å². The lowest BCUT2D eigenvalue weighted by atomic mass is 10.1. The van der Waals surface area contributed by atoms with Crippen LogP contribution in [-0.4, -0.2) is 26.1 Å². The van der Waals surface area contributed by atoms with Gasteiger partial charge < -0.3 is 4.90 Å². The van der Waals surface area contributed by atoms with Crippen LogP contribution in [0, 0.1) is 13.8 Å². The van der Waals surface area contributed by atoms with E-state index in [1.807, 2.05) is 62.4 Å². The molecule has 1 unspecified atom stereocenters. The molecule has 0 saturated heterocycles. The average Bonchev–Trinajstić information content (AvgIpc) is 2.89. The Morgan fingerprint density at radius 1 is 1.08 bits per heavy atom. The summed E-state index contributed by atoms with van der Waals surface area (Å²) in [6.45, 7) is 3.96. The Labute approximate surface area is 148 Å². The summed E-state index contributed by atoms with van der Waals surface area (Å²) in [4.78, 5) is 14.6. The van der Waals surface area contributed by atoms with Gasteiger partial charge in [-0.2, -0.15) is 0 Å². The lowest BCUT2D eigenvalue weighted by molar-refractivity contribution is -0.118. The summed E-state index contributed by atoms with van der Waals surface area (Å²) in [5.74, 6) is -0.179. The fraction of sp³-hybridized carbons (Fsp3) is 0.250. The average molecular weight is 355 g/mol. The van der Waals surface area contributed by atoms with Gasteiger partial charge in [-0.3, -0.25) is 4.79 Å². The second-order valence-corrected chi connectivity index (χ2v) is 8.42. The standard InChI is InChI=1S/C20H21NO3S/c1-15-6-8-18(9-7-15)21(19-10-11-25(23,24)14-19)20(22)13-17-5-3-4-16(2)12-17/h3-12,19H,13-14H2,1-2H3. The van der Waals surface area contributed by atoms with Crippen LogP contribution in [0.4, 0.5) is 5.69 Å². The molecular formula is C20H21NO3S. The van der Waals surface area contributed by atoms with E-state index in [1.165, 1.54) is 5.41 Å². The van der Waals surface area contributed by atoms with Crippen LogP contribution in [-0.2, 0) is 21.1 Å². The van der Waals surface area contributed by atoms with E-state index in [4.69, 9.17) is 0 Å². The minimum Gasteiger partial charge on any atom is -0.304 e. The van der Waals surface area contributed by atoms with E-state index in [0.29, 0.717) is 0 Å². The van der Waals surface area contributed by atoms with Crippen LogP contribution >= 0.6 is 0 Å². The van der Waals surface area contributed by atoms with Crippen LogP contribution in [0.25, 0.3) is 0 Å². The quantitative estimate of drug-likeness (QED) is 0.846. The molecule has 25 heavy (non-hydrogen) atoms. The van der Waals surface area contributed by atoms with Gasteiger partial charge in [-0.15, -0.1) is 0 Å². The van der Waals surface area contributed by atoms with E-state index in [-0.39, 0.29) is 18.1 Å². The molecule has 0 aliphatic carbocycles. The Morgan fingerprint density at radius 3 is 2.40 bits per heavy atom. The monoisotopic (exact) mass is 355 g/mol. The minimum atomic E-state index is -3.24. The highest BCUT2D eigenvalue weighted by molar-refractivity contribution is 7.94. The predicted octanol–water partition coefficient (Wildman–Crippen LogP) is 3.19. The van der Waals surface area contributed by atoms with Crippen molar-refractivity contribution in [3.05, 3.63) is 76.7 Å². The van der Waals surface area contributed by atoms with Gasteiger partial charge in [0.25, 0.3) is 0 Å². The SMILES string of the molecule is Cc1ccc(N(C(=O)Cc2cccc(C)c2)C2C=CS(=O)(=O)C2)cc1. The second-order valence-electron chi connectivity index (χ2n) is 6.49. The molecule has 1 amide bonds. The summed E-state index contributed by atoms with van der Waals surface area (Å²) in [6, 6.07) is 14.9. The second kappa shape index (κ2) is 6.84. The largest absolute Gasteiger partial charge is 0.304 e. The number of rotatable bonds is 4. The van der Waals surface area contributed by atoms with E-state index >= 15 is 0 Å². The van der Waals surface area contributed by atoms with E-state index < -0.39 is 15.9 Å². The van der Waals surface area contributed by atoms with Crippen molar-refractivity contribution in [2.75, 3.05) is 10.7 Å². The number of carbonyl (C=O) groups is 1. The Bertz CT molecular complexity index is 914. The van der Waals surface area contributed by atoms with Crippen molar-refractivity contribution in [2.45, 2.75) is 26.3 Å². The number of amides is 1. The van der Waals surface area contributed by atoms with Gasteiger partial charge in [0.2, 0.25) is 5.91 Å². The van der Waals surface area contributed by atoms with Crippen molar-refractivity contribution in [3.8, 4) is 0 Å². The molecule has 0 aromatic heterocycles. The Balaban J connectivity index is 1.92. The molecule has 3 rings (SSSR count).